The predicted molar refractivity (Wildman–Crippen MR) is 78.4 cm³/mol. The van der Waals surface area contributed by atoms with Crippen LogP contribution in [0.5, 0.6) is 5.75 Å². The molecule has 0 bridgehead atoms. The summed E-state index contributed by atoms with van der Waals surface area (Å²) in [5, 5.41) is 0. The molecule has 0 aromatic heterocycles. The highest BCUT2D eigenvalue weighted by atomic mass is 32.2. The van der Waals surface area contributed by atoms with E-state index in [2.05, 4.69) is 0 Å². The molecule has 2 aromatic rings. The molecule has 0 saturated heterocycles. The van der Waals surface area contributed by atoms with Crippen molar-refractivity contribution in [3.05, 3.63) is 59.9 Å². The molecule has 0 heterocycles. The lowest BCUT2D eigenvalue weighted by Crippen LogP contribution is -2.18. The third-order valence-electron chi connectivity index (χ3n) is 2.95. The fraction of sp³-hybridized carbons (Fsp3) is 0.200. The number of nitrogens with two attached hydrogens (primary N) is 1. The van der Waals surface area contributed by atoms with E-state index in [0.717, 1.165) is 6.26 Å². The molecule has 112 valence electrons. The van der Waals surface area contributed by atoms with Crippen LogP contribution in [-0.4, -0.2) is 21.2 Å². The standard InChI is InChI=1S/C15H16FNO3S/c1-21(18,19)14-7-3-6-13(9-14)20-15(10-17)11-4-2-5-12(16)8-11/h2-9,15H,10,17H2,1H3. The van der Waals surface area contributed by atoms with Crippen molar-refractivity contribution in [2.24, 2.45) is 5.73 Å². The van der Waals surface area contributed by atoms with Gasteiger partial charge in [0.2, 0.25) is 0 Å². The lowest BCUT2D eigenvalue weighted by Gasteiger charge is -2.18. The van der Waals surface area contributed by atoms with Crippen LogP contribution >= 0.6 is 0 Å². The molecule has 6 heteroatoms. The third kappa shape index (κ3) is 4.03. The number of rotatable bonds is 5. The average molecular weight is 309 g/mol. The van der Waals surface area contributed by atoms with Crippen molar-refractivity contribution in [1.82, 2.24) is 0 Å². The van der Waals surface area contributed by atoms with E-state index < -0.39 is 15.9 Å². The molecule has 0 spiro atoms. The van der Waals surface area contributed by atoms with Gasteiger partial charge in [0.25, 0.3) is 0 Å². The number of hydrogen-bond acceptors (Lipinski definition) is 4. The van der Waals surface area contributed by atoms with E-state index in [4.69, 9.17) is 10.5 Å². The maximum absolute atomic E-state index is 13.2. The van der Waals surface area contributed by atoms with Crippen LogP contribution in [0.25, 0.3) is 0 Å². The molecule has 0 fully saturated rings. The normalized spacial score (nSPS) is 12.9. The van der Waals surface area contributed by atoms with Crippen molar-refractivity contribution in [2.45, 2.75) is 11.0 Å². The van der Waals surface area contributed by atoms with Crippen LogP contribution in [0.2, 0.25) is 0 Å². The molecule has 0 amide bonds. The topological polar surface area (TPSA) is 69.4 Å². The van der Waals surface area contributed by atoms with E-state index in [1.807, 2.05) is 0 Å². The van der Waals surface area contributed by atoms with E-state index in [-0.39, 0.29) is 17.3 Å². The molecule has 21 heavy (non-hydrogen) atoms. The quantitative estimate of drug-likeness (QED) is 0.920. The minimum absolute atomic E-state index is 0.145. The van der Waals surface area contributed by atoms with Crippen molar-refractivity contribution in [1.29, 1.82) is 0 Å². The first-order chi connectivity index (χ1) is 9.90. The van der Waals surface area contributed by atoms with Crippen molar-refractivity contribution in [3.8, 4) is 5.75 Å². The van der Waals surface area contributed by atoms with Crippen molar-refractivity contribution in [2.75, 3.05) is 12.8 Å². The Kier molecular flexibility index (Phi) is 4.59. The summed E-state index contributed by atoms with van der Waals surface area (Å²) < 4.78 is 42.0. The van der Waals surface area contributed by atoms with Gasteiger partial charge in [-0.2, -0.15) is 0 Å². The second-order valence-electron chi connectivity index (χ2n) is 4.64. The largest absolute Gasteiger partial charge is 0.484 e. The Bertz CT molecular complexity index is 731. The van der Waals surface area contributed by atoms with Crippen molar-refractivity contribution < 1.29 is 17.5 Å². The van der Waals surface area contributed by atoms with Crippen LogP contribution in [0.15, 0.2) is 53.4 Å². The second kappa shape index (κ2) is 6.24. The first-order valence-electron chi connectivity index (χ1n) is 6.32. The Hall–Kier alpha value is -1.92. The first-order valence-corrected chi connectivity index (χ1v) is 8.21. The van der Waals surface area contributed by atoms with Gasteiger partial charge < -0.3 is 10.5 Å². The Balaban J connectivity index is 2.27. The van der Waals surface area contributed by atoms with Gasteiger partial charge in [-0.25, -0.2) is 12.8 Å². The molecule has 2 aromatic carbocycles. The zero-order valence-corrected chi connectivity index (χ0v) is 12.3. The smallest absolute Gasteiger partial charge is 0.175 e. The summed E-state index contributed by atoms with van der Waals surface area (Å²) in [6.45, 7) is 0.145. The fourth-order valence-electron chi connectivity index (χ4n) is 1.90. The van der Waals surface area contributed by atoms with Gasteiger partial charge >= 0.3 is 0 Å². The van der Waals surface area contributed by atoms with Gasteiger partial charge in [-0.1, -0.05) is 18.2 Å². The maximum atomic E-state index is 13.2. The van der Waals surface area contributed by atoms with Crippen molar-refractivity contribution in [3.63, 3.8) is 0 Å². The molecule has 0 saturated carbocycles. The number of ether oxygens (including phenoxy) is 1. The average Bonchev–Trinajstić information content (AvgIpc) is 2.44. The molecule has 2 rings (SSSR count). The minimum atomic E-state index is -3.31. The molecule has 0 aliphatic carbocycles. The van der Waals surface area contributed by atoms with E-state index >= 15 is 0 Å². The lowest BCUT2D eigenvalue weighted by molar-refractivity contribution is 0.213. The van der Waals surface area contributed by atoms with Crippen LogP contribution < -0.4 is 10.5 Å². The SMILES string of the molecule is CS(=O)(=O)c1cccc(OC(CN)c2cccc(F)c2)c1. The van der Waals surface area contributed by atoms with Gasteiger partial charge in [0.15, 0.2) is 9.84 Å². The third-order valence-corrected chi connectivity index (χ3v) is 4.06. The lowest BCUT2D eigenvalue weighted by atomic mass is 10.1. The Morgan fingerprint density at radius 1 is 1.19 bits per heavy atom. The van der Waals surface area contributed by atoms with Gasteiger partial charge in [0, 0.05) is 12.8 Å². The molecule has 0 radical (unpaired) electrons. The highest BCUT2D eigenvalue weighted by molar-refractivity contribution is 7.90. The van der Waals surface area contributed by atoms with Crippen LogP contribution in [0.1, 0.15) is 11.7 Å². The van der Waals surface area contributed by atoms with Crippen LogP contribution in [0, 0.1) is 5.82 Å². The van der Waals surface area contributed by atoms with E-state index in [1.165, 1.54) is 24.3 Å². The van der Waals surface area contributed by atoms with Gasteiger partial charge in [-0.05, 0) is 35.9 Å². The van der Waals surface area contributed by atoms with Gasteiger partial charge in [0.1, 0.15) is 17.7 Å². The summed E-state index contributed by atoms with van der Waals surface area (Å²) in [6, 6.07) is 12.1. The molecule has 0 aliphatic rings. The molecule has 1 atom stereocenters. The summed E-state index contributed by atoms with van der Waals surface area (Å²) in [5.74, 6) is -0.00271. The summed E-state index contributed by atoms with van der Waals surface area (Å²) in [6.07, 6.45) is 0.578. The number of benzene rings is 2. The van der Waals surface area contributed by atoms with Crippen LogP contribution in [0.3, 0.4) is 0 Å². The van der Waals surface area contributed by atoms with E-state index in [9.17, 15) is 12.8 Å². The summed E-state index contributed by atoms with van der Waals surface area (Å²) in [5.41, 5.74) is 6.26. The zero-order valence-electron chi connectivity index (χ0n) is 11.5. The molecule has 2 N–H and O–H groups in total. The number of hydrogen-bond donors (Lipinski definition) is 1. The first kappa shape index (κ1) is 15.5. The molecule has 1 unspecified atom stereocenters. The summed E-state index contributed by atoms with van der Waals surface area (Å²) in [4.78, 5) is 0.162. The molecular formula is C15H16FNO3S. The van der Waals surface area contributed by atoms with E-state index in [1.54, 1.807) is 24.3 Å². The van der Waals surface area contributed by atoms with Crippen LogP contribution in [0.4, 0.5) is 4.39 Å². The number of halogens is 1. The summed E-state index contributed by atoms with van der Waals surface area (Å²) in [7, 11) is -3.31. The maximum Gasteiger partial charge on any atom is 0.175 e. The molecule has 4 nitrogen and oxygen atoms in total. The van der Waals surface area contributed by atoms with Crippen LogP contribution in [-0.2, 0) is 9.84 Å². The van der Waals surface area contributed by atoms with Gasteiger partial charge in [-0.3, -0.25) is 0 Å². The highest BCUT2D eigenvalue weighted by Gasteiger charge is 2.14. The van der Waals surface area contributed by atoms with Gasteiger partial charge in [0.05, 0.1) is 4.90 Å². The Morgan fingerprint density at radius 2 is 1.90 bits per heavy atom. The van der Waals surface area contributed by atoms with Crippen molar-refractivity contribution >= 4 is 9.84 Å². The minimum Gasteiger partial charge on any atom is -0.484 e. The Morgan fingerprint density at radius 3 is 2.52 bits per heavy atom. The zero-order chi connectivity index (χ0) is 15.5. The molecule has 0 aliphatic heterocycles. The van der Waals surface area contributed by atoms with Gasteiger partial charge in [-0.15, -0.1) is 0 Å². The number of sulfone groups is 1. The predicted octanol–water partition coefficient (Wildman–Crippen LogP) is 2.31. The molecular weight excluding hydrogens is 293 g/mol. The summed E-state index contributed by atoms with van der Waals surface area (Å²) >= 11 is 0. The monoisotopic (exact) mass is 309 g/mol. The second-order valence-corrected chi connectivity index (χ2v) is 6.66. The fourth-order valence-corrected chi connectivity index (χ4v) is 2.56. The highest BCUT2D eigenvalue weighted by Crippen LogP contribution is 2.24. The Labute approximate surface area is 123 Å². The van der Waals surface area contributed by atoms with E-state index in [0.29, 0.717) is 11.3 Å².